The molecule has 0 aliphatic carbocycles. The molecule has 2 aromatic carbocycles. The van der Waals surface area contributed by atoms with Crippen molar-refractivity contribution in [2.24, 2.45) is 0 Å². The van der Waals surface area contributed by atoms with E-state index in [1.54, 1.807) is 26.4 Å². The summed E-state index contributed by atoms with van der Waals surface area (Å²) >= 11 is 0. The van der Waals surface area contributed by atoms with Crippen LogP contribution in [0.1, 0.15) is 30.8 Å². The Labute approximate surface area is 141 Å². The summed E-state index contributed by atoms with van der Waals surface area (Å²) in [5, 5.41) is 11.0. The molecule has 24 heavy (non-hydrogen) atoms. The van der Waals surface area contributed by atoms with Gasteiger partial charge in [-0.15, -0.1) is 0 Å². The predicted octanol–water partition coefficient (Wildman–Crippen LogP) is 3.55. The number of methoxy groups -OCH3 is 2. The molecule has 0 bridgehead atoms. The van der Waals surface area contributed by atoms with Gasteiger partial charge in [-0.2, -0.15) is 0 Å². The first kappa shape index (κ1) is 16.3. The van der Waals surface area contributed by atoms with E-state index >= 15 is 0 Å². The van der Waals surface area contributed by atoms with Crippen molar-refractivity contribution in [1.82, 2.24) is 9.55 Å². The first-order valence-corrected chi connectivity index (χ1v) is 8.04. The summed E-state index contributed by atoms with van der Waals surface area (Å²) in [5.74, 6) is 1.89. The van der Waals surface area contributed by atoms with Gasteiger partial charge in [0.25, 0.3) is 0 Å². The van der Waals surface area contributed by atoms with E-state index in [0.29, 0.717) is 22.9 Å². The van der Waals surface area contributed by atoms with E-state index in [2.05, 4.69) is 16.5 Å². The average molecular weight is 326 g/mol. The number of nitrogens with zero attached hydrogens (tertiary/aromatic N) is 2. The summed E-state index contributed by atoms with van der Waals surface area (Å²) in [6.07, 6.45) is 0.0592. The Kier molecular flexibility index (Phi) is 4.71. The van der Waals surface area contributed by atoms with Crippen LogP contribution in [0.5, 0.6) is 11.5 Å². The SMILES string of the molecule is CCCn1c([C@H](O)c2cc(OC)ccc2OC)nc2ccccc21. The van der Waals surface area contributed by atoms with Gasteiger partial charge < -0.3 is 19.1 Å². The lowest BCUT2D eigenvalue weighted by Crippen LogP contribution is -2.11. The van der Waals surface area contributed by atoms with E-state index in [1.165, 1.54) is 0 Å². The van der Waals surface area contributed by atoms with Gasteiger partial charge in [-0.05, 0) is 36.8 Å². The van der Waals surface area contributed by atoms with Crippen LogP contribution in [0.2, 0.25) is 0 Å². The zero-order valence-electron chi connectivity index (χ0n) is 14.2. The van der Waals surface area contributed by atoms with E-state index in [0.717, 1.165) is 24.0 Å². The predicted molar refractivity (Wildman–Crippen MR) is 93.6 cm³/mol. The smallest absolute Gasteiger partial charge is 0.143 e. The quantitative estimate of drug-likeness (QED) is 0.753. The van der Waals surface area contributed by atoms with Gasteiger partial charge in [0.05, 0.1) is 25.3 Å². The van der Waals surface area contributed by atoms with Crippen molar-refractivity contribution in [3.63, 3.8) is 0 Å². The van der Waals surface area contributed by atoms with Gasteiger partial charge in [0.2, 0.25) is 0 Å². The molecule has 1 N–H and O–H groups in total. The van der Waals surface area contributed by atoms with E-state index in [1.807, 2.05) is 30.3 Å². The van der Waals surface area contributed by atoms with Gasteiger partial charge >= 0.3 is 0 Å². The van der Waals surface area contributed by atoms with Crippen LogP contribution in [-0.4, -0.2) is 28.9 Å². The second-order valence-electron chi connectivity index (χ2n) is 5.62. The highest BCUT2D eigenvalue weighted by molar-refractivity contribution is 5.76. The van der Waals surface area contributed by atoms with E-state index in [-0.39, 0.29) is 0 Å². The molecule has 0 aliphatic rings. The Hall–Kier alpha value is -2.53. The molecule has 0 spiro atoms. The number of aliphatic hydroxyl groups is 1. The summed E-state index contributed by atoms with van der Waals surface area (Å²) in [4.78, 5) is 4.66. The Bertz CT molecular complexity index is 842. The van der Waals surface area contributed by atoms with Crippen LogP contribution in [0, 0.1) is 0 Å². The molecule has 1 heterocycles. The monoisotopic (exact) mass is 326 g/mol. The number of para-hydroxylation sites is 2. The van der Waals surface area contributed by atoms with Gasteiger partial charge in [0, 0.05) is 12.1 Å². The van der Waals surface area contributed by atoms with Crippen LogP contribution in [0.3, 0.4) is 0 Å². The van der Waals surface area contributed by atoms with Gasteiger partial charge in [0.15, 0.2) is 0 Å². The maximum absolute atomic E-state index is 11.0. The maximum Gasteiger partial charge on any atom is 0.143 e. The van der Waals surface area contributed by atoms with E-state index < -0.39 is 6.10 Å². The molecule has 0 aliphatic heterocycles. The highest BCUT2D eigenvalue weighted by atomic mass is 16.5. The molecule has 5 nitrogen and oxygen atoms in total. The largest absolute Gasteiger partial charge is 0.497 e. The molecule has 126 valence electrons. The molecule has 5 heteroatoms. The van der Waals surface area contributed by atoms with Gasteiger partial charge in [-0.25, -0.2) is 4.98 Å². The van der Waals surface area contributed by atoms with Crippen molar-refractivity contribution in [1.29, 1.82) is 0 Å². The summed E-state index contributed by atoms with van der Waals surface area (Å²) in [5.41, 5.74) is 2.54. The third-order valence-electron chi connectivity index (χ3n) is 4.11. The number of ether oxygens (including phenoxy) is 2. The first-order valence-electron chi connectivity index (χ1n) is 8.04. The molecule has 1 aromatic heterocycles. The first-order chi connectivity index (χ1) is 11.7. The van der Waals surface area contributed by atoms with Gasteiger partial charge in [0.1, 0.15) is 23.4 Å². The lowest BCUT2D eigenvalue weighted by atomic mass is 10.1. The third-order valence-corrected chi connectivity index (χ3v) is 4.11. The van der Waals surface area contributed by atoms with Crippen molar-refractivity contribution >= 4 is 11.0 Å². The number of rotatable bonds is 6. The fourth-order valence-electron chi connectivity index (χ4n) is 2.95. The number of hydrogen-bond donors (Lipinski definition) is 1. The normalized spacial score (nSPS) is 12.3. The zero-order valence-corrected chi connectivity index (χ0v) is 14.2. The molecule has 0 saturated carbocycles. The summed E-state index contributed by atoms with van der Waals surface area (Å²) in [6, 6.07) is 13.3. The molecule has 0 unspecified atom stereocenters. The number of imidazole rings is 1. The van der Waals surface area contributed by atoms with E-state index in [4.69, 9.17) is 9.47 Å². The molecule has 0 radical (unpaired) electrons. The average Bonchev–Trinajstić information content (AvgIpc) is 2.99. The number of hydrogen-bond acceptors (Lipinski definition) is 4. The highest BCUT2D eigenvalue weighted by Crippen LogP contribution is 2.34. The Morgan fingerprint density at radius 1 is 1.12 bits per heavy atom. The molecule has 0 amide bonds. The van der Waals surface area contributed by atoms with Crippen molar-refractivity contribution in [2.45, 2.75) is 26.0 Å². The molecule has 0 saturated heterocycles. The number of benzene rings is 2. The Morgan fingerprint density at radius 2 is 1.92 bits per heavy atom. The minimum Gasteiger partial charge on any atom is -0.497 e. The van der Waals surface area contributed by atoms with Crippen molar-refractivity contribution in [3.05, 3.63) is 53.9 Å². The number of aryl methyl sites for hydroxylation is 1. The third kappa shape index (κ3) is 2.83. The van der Waals surface area contributed by atoms with Crippen LogP contribution in [0.15, 0.2) is 42.5 Å². The molecule has 0 fully saturated rings. The van der Waals surface area contributed by atoms with Crippen molar-refractivity contribution < 1.29 is 14.6 Å². The van der Waals surface area contributed by atoms with Gasteiger partial charge in [-0.1, -0.05) is 19.1 Å². The van der Waals surface area contributed by atoms with Crippen molar-refractivity contribution in [3.8, 4) is 11.5 Å². The molecule has 3 rings (SSSR count). The van der Waals surface area contributed by atoms with Gasteiger partial charge in [-0.3, -0.25) is 0 Å². The van der Waals surface area contributed by atoms with Crippen molar-refractivity contribution in [2.75, 3.05) is 14.2 Å². The summed E-state index contributed by atoms with van der Waals surface area (Å²) < 4.78 is 12.8. The standard InChI is InChI=1S/C19H22N2O3/c1-4-11-21-16-8-6-5-7-15(16)20-19(21)18(22)14-12-13(23-2)9-10-17(14)24-3/h5-10,12,18,22H,4,11H2,1-3H3/t18-/m1/s1. The Balaban J connectivity index is 2.14. The van der Waals surface area contributed by atoms with Crippen LogP contribution in [-0.2, 0) is 6.54 Å². The fourth-order valence-corrected chi connectivity index (χ4v) is 2.95. The lowest BCUT2D eigenvalue weighted by molar-refractivity contribution is 0.199. The zero-order chi connectivity index (χ0) is 17.1. The number of aliphatic hydroxyl groups excluding tert-OH is 1. The fraction of sp³-hybridized carbons (Fsp3) is 0.316. The van der Waals surface area contributed by atoms with E-state index in [9.17, 15) is 5.11 Å². The Morgan fingerprint density at radius 3 is 2.62 bits per heavy atom. The van der Waals surface area contributed by atoms with Crippen LogP contribution in [0.4, 0.5) is 0 Å². The maximum atomic E-state index is 11.0. The molecular formula is C19H22N2O3. The van der Waals surface area contributed by atoms with Crippen LogP contribution < -0.4 is 9.47 Å². The summed E-state index contributed by atoms with van der Waals surface area (Å²) in [6.45, 7) is 2.90. The minimum atomic E-state index is -0.894. The summed E-state index contributed by atoms with van der Waals surface area (Å²) in [7, 11) is 3.19. The second-order valence-corrected chi connectivity index (χ2v) is 5.62. The minimum absolute atomic E-state index is 0.610. The molecular weight excluding hydrogens is 304 g/mol. The topological polar surface area (TPSA) is 56.5 Å². The van der Waals surface area contributed by atoms with Crippen LogP contribution in [0.25, 0.3) is 11.0 Å². The highest BCUT2D eigenvalue weighted by Gasteiger charge is 2.23. The number of aromatic nitrogens is 2. The molecule has 3 aromatic rings. The van der Waals surface area contributed by atoms with Crippen LogP contribution >= 0.6 is 0 Å². The second kappa shape index (κ2) is 6.93. The molecule has 1 atom stereocenters. The lowest BCUT2D eigenvalue weighted by Gasteiger charge is -2.17. The number of fused-ring (bicyclic) bond motifs is 1.